The van der Waals surface area contributed by atoms with E-state index in [1.165, 1.54) is 25.7 Å². The highest BCUT2D eigenvalue weighted by Crippen LogP contribution is 2.51. The number of rotatable bonds is 5. The summed E-state index contributed by atoms with van der Waals surface area (Å²) in [5.41, 5.74) is 6.79. The van der Waals surface area contributed by atoms with Crippen molar-refractivity contribution in [1.29, 1.82) is 0 Å². The van der Waals surface area contributed by atoms with Crippen molar-refractivity contribution >= 4 is 11.4 Å². The third-order valence-corrected chi connectivity index (χ3v) is 7.67. The van der Waals surface area contributed by atoms with Crippen LogP contribution in [-0.2, 0) is 6.54 Å². The summed E-state index contributed by atoms with van der Waals surface area (Å²) < 4.78 is 13.1. The Balaban J connectivity index is 1.42. The molecule has 3 aromatic rings. The van der Waals surface area contributed by atoms with Gasteiger partial charge < -0.3 is 14.4 Å². The van der Waals surface area contributed by atoms with Crippen LogP contribution in [0.5, 0.6) is 11.5 Å². The van der Waals surface area contributed by atoms with E-state index in [4.69, 9.17) is 14.6 Å². The molecule has 0 radical (unpaired) electrons. The Labute approximate surface area is 188 Å². The smallest absolute Gasteiger partial charge is 0.159 e. The second-order valence-corrected chi connectivity index (χ2v) is 9.28. The highest BCUT2D eigenvalue weighted by molar-refractivity contribution is 6.01. The molecule has 1 aliphatic heterocycles. The lowest BCUT2D eigenvalue weighted by atomic mass is 9.63. The van der Waals surface area contributed by atoms with Crippen molar-refractivity contribution < 1.29 is 9.47 Å². The predicted octanol–water partition coefficient (Wildman–Crippen LogP) is 4.02. The van der Waals surface area contributed by atoms with Crippen molar-refractivity contribution in [3.8, 4) is 11.5 Å². The maximum absolute atomic E-state index is 5.74. The molecule has 2 bridgehead atoms. The molecular weight excluding hydrogens is 402 g/mol. The molecule has 0 unspecified atom stereocenters. The minimum Gasteiger partial charge on any atom is -0.497 e. The fraction of sp³-hybridized carbons (Fsp3) is 0.440. The van der Waals surface area contributed by atoms with Crippen molar-refractivity contribution in [3.63, 3.8) is 0 Å². The van der Waals surface area contributed by atoms with Crippen LogP contribution in [0.25, 0.3) is 5.52 Å². The molecule has 3 fully saturated rings. The van der Waals surface area contributed by atoms with Crippen molar-refractivity contribution in [1.82, 2.24) is 19.9 Å². The number of hydrazone groups is 1. The quantitative estimate of drug-likeness (QED) is 0.661. The Morgan fingerprint density at radius 3 is 2.69 bits per heavy atom. The number of benzene rings is 1. The van der Waals surface area contributed by atoms with E-state index in [1.54, 1.807) is 14.2 Å². The van der Waals surface area contributed by atoms with Gasteiger partial charge in [0, 0.05) is 35.5 Å². The maximum atomic E-state index is 5.74. The molecule has 7 rings (SSSR count). The van der Waals surface area contributed by atoms with E-state index in [2.05, 4.69) is 39.8 Å². The Bertz CT molecular complexity index is 1150. The van der Waals surface area contributed by atoms with Crippen LogP contribution in [0, 0.1) is 11.8 Å². The molecule has 0 saturated heterocycles. The summed E-state index contributed by atoms with van der Waals surface area (Å²) in [4.78, 5) is 2.50. The SMILES string of the molecule is COc1ccc(CN2C(c3cc4cccnn4c3)=NN[C@@]23CC2CCC3CC2)c(OC)c1. The lowest BCUT2D eigenvalue weighted by Gasteiger charge is -2.54. The standard InChI is InChI=1S/C25H29N5O2/c1-31-22-10-7-18(23(13-22)32-2)15-29-24(19-12-21-4-3-11-26-30(21)16-19)27-28-25(29)14-17-5-8-20(25)9-6-17/h3-4,7,10-13,16-17,20,28H,5-6,8-9,14-15H2,1-2H3/t17?,20?,25-/m0/s1. The molecule has 1 N–H and O–H groups in total. The average molecular weight is 432 g/mol. The average Bonchev–Trinajstić information content (AvgIpc) is 3.42. The van der Waals surface area contributed by atoms with E-state index >= 15 is 0 Å². The zero-order chi connectivity index (χ0) is 21.7. The summed E-state index contributed by atoms with van der Waals surface area (Å²) in [5.74, 6) is 3.98. The fourth-order valence-electron chi connectivity index (χ4n) is 6.03. The number of hydrogen-bond acceptors (Lipinski definition) is 6. The van der Waals surface area contributed by atoms with Crippen molar-refractivity contribution in [2.24, 2.45) is 16.9 Å². The lowest BCUT2D eigenvalue weighted by molar-refractivity contribution is -0.0333. The first-order valence-electron chi connectivity index (χ1n) is 11.5. The molecule has 7 heteroatoms. The molecule has 7 nitrogen and oxygen atoms in total. The highest BCUT2D eigenvalue weighted by atomic mass is 16.5. The Morgan fingerprint density at radius 1 is 1.09 bits per heavy atom. The van der Waals surface area contributed by atoms with Gasteiger partial charge in [-0.2, -0.15) is 10.2 Å². The maximum Gasteiger partial charge on any atom is 0.159 e. The third kappa shape index (κ3) is 2.94. The molecular formula is C25H29N5O2. The molecule has 2 aromatic heterocycles. The zero-order valence-corrected chi connectivity index (χ0v) is 18.6. The molecule has 3 saturated carbocycles. The molecule has 3 heterocycles. The lowest BCUT2D eigenvalue weighted by Crippen LogP contribution is -2.63. The summed E-state index contributed by atoms with van der Waals surface area (Å²) in [5, 5.41) is 9.41. The summed E-state index contributed by atoms with van der Waals surface area (Å²) in [6.07, 6.45) is 10.2. The van der Waals surface area contributed by atoms with E-state index in [1.807, 2.05) is 28.9 Å². The van der Waals surface area contributed by atoms with E-state index in [9.17, 15) is 0 Å². The Kier molecular flexibility index (Phi) is 4.52. The van der Waals surface area contributed by atoms with Crippen LogP contribution in [0.3, 0.4) is 0 Å². The highest BCUT2D eigenvalue weighted by Gasteiger charge is 2.54. The second-order valence-electron chi connectivity index (χ2n) is 9.28. The molecule has 0 amide bonds. The normalized spacial score (nSPS) is 26.4. The van der Waals surface area contributed by atoms with Crippen LogP contribution in [0.4, 0.5) is 0 Å². The van der Waals surface area contributed by atoms with E-state index in [-0.39, 0.29) is 5.66 Å². The number of amidine groups is 1. The fourth-order valence-corrected chi connectivity index (χ4v) is 6.03. The van der Waals surface area contributed by atoms with Crippen LogP contribution in [-0.4, -0.2) is 40.2 Å². The predicted molar refractivity (Wildman–Crippen MR) is 123 cm³/mol. The van der Waals surface area contributed by atoms with Gasteiger partial charge in [-0.05, 0) is 68.4 Å². The van der Waals surface area contributed by atoms with Crippen molar-refractivity contribution in [2.45, 2.75) is 44.3 Å². The monoisotopic (exact) mass is 431 g/mol. The van der Waals surface area contributed by atoms with Gasteiger partial charge in [0.25, 0.3) is 0 Å². The van der Waals surface area contributed by atoms with Crippen molar-refractivity contribution in [3.05, 3.63) is 59.9 Å². The number of hydrogen-bond donors (Lipinski definition) is 1. The van der Waals surface area contributed by atoms with Crippen LogP contribution in [0.1, 0.15) is 43.2 Å². The largest absolute Gasteiger partial charge is 0.497 e. The number of nitrogens with one attached hydrogen (secondary N) is 1. The first kappa shape index (κ1) is 19.5. The van der Waals surface area contributed by atoms with Gasteiger partial charge in [0.05, 0.1) is 26.3 Å². The molecule has 4 aliphatic rings. The molecule has 3 aliphatic carbocycles. The molecule has 1 spiro atoms. The Morgan fingerprint density at radius 2 is 1.97 bits per heavy atom. The van der Waals surface area contributed by atoms with E-state index in [0.717, 1.165) is 52.9 Å². The number of methoxy groups -OCH3 is 2. The number of ether oxygens (including phenoxy) is 2. The van der Waals surface area contributed by atoms with Gasteiger partial charge in [0.15, 0.2) is 5.84 Å². The first-order valence-corrected chi connectivity index (χ1v) is 11.5. The van der Waals surface area contributed by atoms with Crippen LogP contribution in [0.15, 0.2) is 53.9 Å². The van der Waals surface area contributed by atoms with E-state index in [0.29, 0.717) is 5.92 Å². The van der Waals surface area contributed by atoms with Crippen LogP contribution < -0.4 is 14.9 Å². The summed E-state index contributed by atoms with van der Waals surface area (Å²) in [6, 6.07) is 12.3. The second kappa shape index (κ2) is 7.43. The van der Waals surface area contributed by atoms with Gasteiger partial charge in [-0.15, -0.1) is 0 Å². The zero-order valence-electron chi connectivity index (χ0n) is 18.6. The van der Waals surface area contributed by atoms with Gasteiger partial charge in [0.1, 0.15) is 17.2 Å². The van der Waals surface area contributed by atoms with Gasteiger partial charge in [0.2, 0.25) is 0 Å². The molecule has 32 heavy (non-hydrogen) atoms. The molecule has 166 valence electrons. The van der Waals surface area contributed by atoms with Crippen LogP contribution >= 0.6 is 0 Å². The minimum atomic E-state index is -0.136. The van der Waals surface area contributed by atoms with Gasteiger partial charge in [-0.1, -0.05) is 0 Å². The van der Waals surface area contributed by atoms with Gasteiger partial charge in [-0.3, -0.25) is 5.43 Å². The Hall–Kier alpha value is -3.22. The van der Waals surface area contributed by atoms with Gasteiger partial charge >= 0.3 is 0 Å². The minimum absolute atomic E-state index is 0.136. The van der Waals surface area contributed by atoms with Gasteiger partial charge in [-0.25, -0.2) is 4.52 Å². The third-order valence-electron chi connectivity index (χ3n) is 7.67. The first-order chi connectivity index (χ1) is 15.7. The van der Waals surface area contributed by atoms with E-state index < -0.39 is 0 Å². The molecule has 1 aromatic carbocycles. The number of fused-ring (bicyclic) bond motifs is 3. The summed E-state index contributed by atoms with van der Waals surface area (Å²) in [7, 11) is 3.41. The summed E-state index contributed by atoms with van der Waals surface area (Å²) in [6.45, 7) is 0.724. The number of aromatic nitrogens is 2. The topological polar surface area (TPSA) is 63.4 Å². The molecule has 1 atom stereocenters. The summed E-state index contributed by atoms with van der Waals surface area (Å²) >= 11 is 0. The number of nitrogens with zero attached hydrogens (tertiary/aromatic N) is 4. The van der Waals surface area contributed by atoms with Crippen LogP contribution in [0.2, 0.25) is 0 Å². The van der Waals surface area contributed by atoms with Crippen molar-refractivity contribution in [2.75, 3.05) is 14.2 Å².